The van der Waals surface area contributed by atoms with E-state index < -0.39 is 6.04 Å². The van der Waals surface area contributed by atoms with Gasteiger partial charge in [0.05, 0.1) is 11.8 Å². The van der Waals surface area contributed by atoms with Crippen molar-refractivity contribution in [1.82, 2.24) is 14.8 Å². The van der Waals surface area contributed by atoms with Gasteiger partial charge >= 0.3 is 0 Å². The van der Waals surface area contributed by atoms with E-state index >= 15 is 0 Å². The van der Waals surface area contributed by atoms with Gasteiger partial charge < -0.3 is 4.57 Å². The fraction of sp³-hybridized carbons (Fsp3) is 0.400. The molecule has 0 aliphatic carbocycles. The molecule has 0 saturated carbocycles. The summed E-state index contributed by atoms with van der Waals surface area (Å²) in [5, 5.41) is 26.9. The minimum atomic E-state index is -0.799. The molecule has 1 atom stereocenters. The lowest BCUT2D eigenvalue weighted by molar-refractivity contribution is 0.590. The molecule has 0 radical (unpaired) electrons. The Balaban J connectivity index is 1.87. The van der Waals surface area contributed by atoms with Crippen LogP contribution in [0.5, 0.6) is 0 Å². The lowest BCUT2D eigenvalue weighted by atomic mass is 10.2. The summed E-state index contributed by atoms with van der Waals surface area (Å²) in [5.74, 6) is 1.46. The zero-order valence-corrected chi connectivity index (χ0v) is 13.8. The van der Waals surface area contributed by atoms with E-state index in [-0.39, 0.29) is 0 Å². The predicted molar refractivity (Wildman–Crippen MR) is 86.9 cm³/mol. The normalized spacial score (nSPS) is 15.9. The quantitative estimate of drug-likeness (QED) is 0.756. The molecule has 1 aliphatic rings. The summed E-state index contributed by atoms with van der Waals surface area (Å²) in [7, 11) is 0. The number of nitriles is 1. The summed E-state index contributed by atoms with van der Waals surface area (Å²) in [5.41, 5.74) is 0.498. The fourth-order valence-electron chi connectivity index (χ4n) is 2.57. The van der Waals surface area contributed by atoms with Gasteiger partial charge in [0.1, 0.15) is 5.82 Å². The molecule has 1 unspecified atom stereocenters. The molecule has 1 aromatic heterocycles. The number of nitrogens with zero attached hydrogens (tertiary/aromatic N) is 6. The molecule has 1 aromatic carbocycles. The van der Waals surface area contributed by atoms with Crippen molar-refractivity contribution >= 4 is 28.9 Å². The molecule has 2 aromatic rings. The van der Waals surface area contributed by atoms with Crippen LogP contribution in [-0.4, -0.2) is 14.8 Å². The molecule has 118 valence electrons. The van der Waals surface area contributed by atoms with Gasteiger partial charge in [0.15, 0.2) is 5.82 Å². The van der Waals surface area contributed by atoms with E-state index in [4.69, 9.17) is 23.2 Å². The van der Waals surface area contributed by atoms with Crippen LogP contribution in [0.2, 0.25) is 10.0 Å². The third-order valence-electron chi connectivity index (χ3n) is 3.64. The molecular formula is C15H14Cl2N6. The van der Waals surface area contributed by atoms with E-state index in [1.807, 2.05) is 4.57 Å². The van der Waals surface area contributed by atoms with Crippen molar-refractivity contribution in [2.75, 3.05) is 0 Å². The van der Waals surface area contributed by atoms with Gasteiger partial charge in [0.2, 0.25) is 6.04 Å². The molecule has 3 rings (SSSR count). The number of fused-ring (bicyclic) bond motifs is 1. The van der Waals surface area contributed by atoms with Crippen molar-refractivity contribution in [3.63, 3.8) is 0 Å². The average Bonchev–Trinajstić information content (AvgIpc) is 2.76. The highest BCUT2D eigenvalue weighted by atomic mass is 35.5. The van der Waals surface area contributed by atoms with Crippen LogP contribution in [0.1, 0.15) is 37.0 Å². The highest BCUT2D eigenvalue weighted by Gasteiger charge is 2.21. The second-order valence-electron chi connectivity index (χ2n) is 5.31. The minimum absolute atomic E-state index is 0.469. The van der Waals surface area contributed by atoms with Crippen molar-refractivity contribution in [2.45, 2.75) is 38.3 Å². The summed E-state index contributed by atoms with van der Waals surface area (Å²) in [6.45, 7) is 0.814. The van der Waals surface area contributed by atoms with Crippen LogP contribution >= 0.6 is 23.2 Å². The summed E-state index contributed by atoms with van der Waals surface area (Å²) in [4.78, 5) is 0. The van der Waals surface area contributed by atoms with E-state index in [1.165, 1.54) is 0 Å². The van der Waals surface area contributed by atoms with Crippen molar-refractivity contribution < 1.29 is 0 Å². The zero-order valence-electron chi connectivity index (χ0n) is 12.3. The third kappa shape index (κ3) is 3.69. The Bertz CT molecular complexity index is 757. The van der Waals surface area contributed by atoms with Crippen LogP contribution in [0.15, 0.2) is 28.4 Å². The number of aryl methyl sites for hydroxylation is 1. The first-order valence-electron chi connectivity index (χ1n) is 7.36. The van der Waals surface area contributed by atoms with E-state index in [9.17, 15) is 5.26 Å². The highest BCUT2D eigenvalue weighted by Crippen LogP contribution is 2.27. The van der Waals surface area contributed by atoms with Crippen molar-refractivity contribution in [3.05, 3.63) is 39.9 Å². The van der Waals surface area contributed by atoms with Crippen LogP contribution in [0, 0.1) is 11.3 Å². The van der Waals surface area contributed by atoms with Gasteiger partial charge in [-0.15, -0.1) is 10.2 Å². The summed E-state index contributed by atoms with van der Waals surface area (Å²) >= 11 is 11.9. The number of benzene rings is 1. The summed E-state index contributed by atoms with van der Waals surface area (Å²) < 4.78 is 1.99. The molecule has 23 heavy (non-hydrogen) atoms. The molecule has 0 bridgehead atoms. The molecule has 0 spiro atoms. The number of rotatable bonds is 3. The second-order valence-corrected chi connectivity index (χ2v) is 6.18. The van der Waals surface area contributed by atoms with Crippen LogP contribution in [0.3, 0.4) is 0 Å². The van der Waals surface area contributed by atoms with Crippen LogP contribution in [-0.2, 0) is 13.0 Å². The van der Waals surface area contributed by atoms with E-state index in [0.717, 1.165) is 38.1 Å². The highest BCUT2D eigenvalue weighted by molar-refractivity contribution is 6.35. The van der Waals surface area contributed by atoms with Gasteiger partial charge in [-0.05, 0) is 31.0 Å². The number of aromatic nitrogens is 3. The first-order valence-corrected chi connectivity index (χ1v) is 8.11. The van der Waals surface area contributed by atoms with Gasteiger partial charge in [-0.2, -0.15) is 15.5 Å². The Morgan fingerprint density at radius 2 is 1.91 bits per heavy atom. The van der Waals surface area contributed by atoms with Crippen LogP contribution < -0.4 is 0 Å². The number of halogens is 2. The molecule has 6 nitrogen and oxygen atoms in total. The molecule has 2 heterocycles. The molecule has 0 N–H and O–H groups in total. The molecule has 8 heteroatoms. The lowest BCUT2D eigenvalue weighted by Gasteiger charge is -2.07. The first kappa shape index (κ1) is 15.9. The number of hydrogen-bond donors (Lipinski definition) is 0. The second kappa shape index (κ2) is 7.07. The predicted octanol–water partition coefficient (Wildman–Crippen LogP) is 4.66. The van der Waals surface area contributed by atoms with E-state index in [2.05, 4.69) is 26.5 Å². The Morgan fingerprint density at radius 3 is 2.65 bits per heavy atom. The van der Waals surface area contributed by atoms with Gasteiger partial charge in [-0.25, -0.2) is 0 Å². The summed E-state index contributed by atoms with van der Waals surface area (Å²) in [6, 6.07) is 6.21. The third-order valence-corrected chi connectivity index (χ3v) is 4.08. The number of azo groups is 1. The maximum absolute atomic E-state index is 9.42. The molecule has 1 aliphatic heterocycles. The topological polar surface area (TPSA) is 79.2 Å². The van der Waals surface area contributed by atoms with Crippen LogP contribution in [0.4, 0.5) is 5.69 Å². The maximum atomic E-state index is 9.42. The van der Waals surface area contributed by atoms with E-state index in [0.29, 0.717) is 21.6 Å². The smallest absolute Gasteiger partial charge is 0.216 e. The molecule has 0 amide bonds. The molecule has 0 saturated heterocycles. The van der Waals surface area contributed by atoms with Gasteiger partial charge in [0.25, 0.3) is 0 Å². The SMILES string of the molecule is N#CC(N=Nc1cc(Cl)cc(Cl)c1)c1nnc2n1CCCCC2. The monoisotopic (exact) mass is 348 g/mol. The molecular weight excluding hydrogens is 335 g/mol. The van der Waals surface area contributed by atoms with Crippen LogP contribution in [0.25, 0.3) is 0 Å². The standard InChI is InChI=1S/C15H14Cl2N6/c16-10-6-11(17)8-12(7-10)19-20-13(9-18)15-22-21-14-4-2-1-3-5-23(14)15/h6-8,13H,1-5H2. The van der Waals surface area contributed by atoms with Gasteiger partial charge in [0, 0.05) is 23.0 Å². The Kier molecular flexibility index (Phi) is 4.89. The summed E-state index contributed by atoms with van der Waals surface area (Å²) in [6.07, 6.45) is 4.18. The first-order chi connectivity index (χ1) is 11.2. The van der Waals surface area contributed by atoms with Crippen molar-refractivity contribution in [3.8, 4) is 6.07 Å². The minimum Gasteiger partial charge on any atom is -0.312 e. The van der Waals surface area contributed by atoms with E-state index in [1.54, 1.807) is 18.2 Å². The van der Waals surface area contributed by atoms with Gasteiger partial charge in [-0.3, -0.25) is 0 Å². The lowest BCUT2D eigenvalue weighted by Crippen LogP contribution is -2.08. The molecule has 0 fully saturated rings. The average molecular weight is 349 g/mol. The fourth-order valence-corrected chi connectivity index (χ4v) is 3.08. The van der Waals surface area contributed by atoms with Crippen molar-refractivity contribution in [1.29, 1.82) is 5.26 Å². The Hall–Kier alpha value is -1.97. The zero-order chi connectivity index (χ0) is 16.2. The Morgan fingerprint density at radius 1 is 1.13 bits per heavy atom. The largest absolute Gasteiger partial charge is 0.312 e. The number of hydrogen-bond acceptors (Lipinski definition) is 5. The van der Waals surface area contributed by atoms with Crippen molar-refractivity contribution in [2.24, 2.45) is 10.2 Å². The maximum Gasteiger partial charge on any atom is 0.216 e. The van der Waals surface area contributed by atoms with Gasteiger partial charge in [-0.1, -0.05) is 29.6 Å². The Labute approximate surface area is 143 Å².